The predicted octanol–water partition coefficient (Wildman–Crippen LogP) is 5.12. The highest BCUT2D eigenvalue weighted by molar-refractivity contribution is 5.92. The number of fused-ring (bicyclic) bond motifs is 1. The maximum Gasteiger partial charge on any atom is 0.262 e. The van der Waals surface area contributed by atoms with E-state index < -0.39 is 0 Å². The van der Waals surface area contributed by atoms with Crippen LogP contribution in [0.4, 0.5) is 5.69 Å². The molecular weight excluding hydrogens is 426 g/mol. The summed E-state index contributed by atoms with van der Waals surface area (Å²) in [4.78, 5) is 16.6. The molecule has 0 radical (unpaired) electrons. The van der Waals surface area contributed by atoms with Gasteiger partial charge in [0.15, 0.2) is 6.61 Å². The van der Waals surface area contributed by atoms with Crippen LogP contribution in [0.25, 0.3) is 10.8 Å². The lowest BCUT2D eigenvalue weighted by molar-refractivity contribution is -0.118. The molecule has 0 atom stereocenters. The fourth-order valence-corrected chi connectivity index (χ4v) is 3.63. The number of nitrogens with zero attached hydrogens (tertiary/aromatic N) is 1. The highest BCUT2D eigenvalue weighted by Gasteiger charge is 2.11. The van der Waals surface area contributed by atoms with Crippen LogP contribution in [0.1, 0.15) is 17.5 Å². The molecule has 1 heterocycles. The van der Waals surface area contributed by atoms with Gasteiger partial charge in [-0.15, -0.1) is 0 Å². The second-order valence-corrected chi connectivity index (χ2v) is 8.01. The Morgan fingerprint density at radius 1 is 0.912 bits per heavy atom. The number of hydrogen-bond donors (Lipinski definition) is 2. The van der Waals surface area contributed by atoms with Gasteiger partial charge in [-0.2, -0.15) is 0 Å². The predicted molar refractivity (Wildman–Crippen MR) is 135 cm³/mol. The van der Waals surface area contributed by atoms with Gasteiger partial charge in [0, 0.05) is 30.1 Å². The zero-order chi connectivity index (χ0) is 23.6. The first-order valence-corrected chi connectivity index (χ1v) is 11.4. The van der Waals surface area contributed by atoms with Crippen LogP contribution in [0.2, 0.25) is 0 Å². The monoisotopic (exact) mass is 455 g/mol. The Bertz CT molecular complexity index is 1210. The van der Waals surface area contributed by atoms with Crippen molar-refractivity contribution in [3.8, 4) is 11.6 Å². The summed E-state index contributed by atoms with van der Waals surface area (Å²) in [5.74, 6) is 1.15. The first kappa shape index (κ1) is 23.3. The van der Waals surface area contributed by atoms with Crippen LogP contribution < -0.4 is 20.1 Å². The van der Waals surface area contributed by atoms with E-state index in [1.54, 1.807) is 6.20 Å². The van der Waals surface area contributed by atoms with Crippen molar-refractivity contribution in [3.05, 3.63) is 96.2 Å². The molecule has 2 N–H and O–H groups in total. The zero-order valence-electron chi connectivity index (χ0n) is 19.3. The van der Waals surface area contributed by atoms with Crippen molar-refractivity contribution in [2.24, 2.45) is 0 Å². The second kappa shape index (κ2) is 11.8. The Kier molecular flexibility index (Phi) is 8.08. The van der Waals surface area contributed by atoms with Gasteiger partial charge in [-0.25, -0.2) is 4.98 Å². The number of rotatable bonds is 11. The normalized spacial score (nSPS) is 10.7. The molecular formula is C28H29N3O3. The van der Waals surface area contributed by atoms with Crippen LogP contribution in [-0.4, -0.2) is 30.6 Å². The number of amides is 1. The fourth-order valence-electron chi connectivity index (χ4n) is 3.63. The number of aromatic nitrogens is 1. The average molecular weight is 456 g/mol. The zero-order valence-corrected chi connectivity index (χ0v) is 19.3. The number of ether oxygens (including phenoxy) is 2. The summed E-state index contributed by atoms with van der Waals surface area (Å²) in [5.41, 5.74) is 2.94. The van der Waals surface area contributed by atoms with Crippen molar-refractivity contribution in [1.29, 1.82) is 0 Å². The maximum absolute atomic E-state index is 12.4. The minimum absolute atomic E-state index is 0.0584. The van der Waals surface area contributed by atoms with Crippen LogP contribution in [0.15, 0.2) is 85.1 Å². The molecule has 34 heavy (non-hydrogen) atoms. The molecule has 0 aliphatic heterocycles. The Balaban J connectivity index is 1.34. The van der Waals surface area contributed by atoms with Crippen LogP contribution in [0.3, 0.4) is 0 Å². The highest BCUT2D eigenvalue weighted by Crippen LogP contribution is 2.28. The summed E-state index contributed by atoms with van der Waals surface area (Å²) >= 11 is 0. The van der Waals surface area contributed by atoms with E-state index in [4.69, 9.17) is 9.47 Å². The smallest absolute Gasteiger partial charge is 0.262 e. The molecule has 3 aromatic carbocycles. The van der Waals surface area contributed by atoms with E-state index in [0.717, 1.165) is 40.6 Å². The third kappa shape index (κ3) is 6.56. The molecule has 0 unspecified atom stereocenters. The Hall–Kier alpha value is -3.90. The number of aryl methyl sites for hydroxylation is 1. The van der Waals surface area contributed by atoms with Gasteiger partial charge in [-0.1, -0.05) is 54.1 Å². The van der Waals surface area contributed by atoms with E-state index in [-0.39, 0.29) is 12.5 Å². The van der Waals surface area contributed by atoms with Gasteiger partial charge >= 0.3 is 0 Å². The summed E-state index contributed by atoms with van der Waals surface area (Å²) in [6.07, 6.45) is 2.56. The maximum atomic E-state index is 12.4. The summed E-state index contributed by atoms with van der Waals surface area (Å²) < 4.78 is 11.6. The van der Waals surface area contributed by atoms with Crippen molar-refractivity contribution in [2.75, 3.05) is 25.1 Å². The number of anilines is 1. The molecule has 1 aromatic heterocycles. The van der Waals surface area contributed by atoms with E-state index in [2.05, 4.69) is 27.8 Å². The summed E-state index contributed by atoms with van der Waals surface area (Å²) in [6, 6.07) is 25.5. The summed E-state index contributed by atoms with van der Waals surface area (Å²) in [6.45, 7) is 3.94. The Labute approximate surface area is 199 Å². The minimum atomic E-state index is -0.192. The molecule has 4 aromatic rings. The largest absolute Gasteiger partial charge is 0.483 e. The molecule has 4 rings (SSSR count). The minimum Gasteiger partial charge on any atom is -0.483 e. The molecule has 0 bridgehead atoms. The summed E-state index contributed by atoms with van der Waals surface area (Å²) in [7, 11) is 0. The van der Waals surface area contributed by atoms with Crippen molar-refractivity contribution in [3.63, 3.8) is 0 Å². The number of benzene rings is 3. The number of hydrogen-bond acceptors (Lipinski definition) is 5. The van der Waals surface area contributed by atoms with Crippen LogP contribution in [0, 0.1) is 6.92 Å². The van der Waals surface area contributed by atoms with Crippen LogP contribution in [-0.2, 0) is 11.3 Å². The second-order valence-electron chi connectivity index (χ2n) is 8.01. The van der Waals surface area contributed by atoms with E-state index in [0.29, 0.717) is 24.8 Å². The fraction of sp³-hybridized carbons (Fsp3) is 0.214. The van der Waals surface area contributed by atoms with Gasteiger partial charge in [0.05, 0.1) is 6.61 Å². The van der Waals surface area contributed by atoms with Crippen LogP contribution in [0.5, 0.6) is 11.6 Å². The molecule has 6 nitrogen and oxygen atoms in total. The quantitative estimate of drug-likeness (QED) is 0.307. The third-order valence-electron chi connectivity index (χ3n) is 5.38. The van der Waals surface area contributed by atoms with Crippen molar-refractivity contribution in [1.82, 2.24) is 10.3 Å². The van der Waals surface area contributed by atoms with Gasteiger partial charge < -0.3 is 20.1 Å². The number of carbonyl (C=O) groups excluding carboxylic acids is 1. The molecule has 1 amide bonds. The average Bonchev–Trinajstić information content (AvgIpc) is 2.87. The lowest BCUT2D eigenvalue weighted by atomic mass is 10.0. The molecule has 174 valence electrons. The SMILES string of the molecule is Cc1ccc(NC(=O)COc2ccc3ccccc3c2CNCCCOc2ccccn2)cc1. The number of carbonyl (C=O) groups is 1. The standard InChI is InChI=1S/C28H29N3O3/c1-21-10-13-23(14-11-21)31-27(32)20-34-26-15-12-22-7-2-3-8-24(22)25(26)19-29-16-6-18-33-28-9-4-5-17-30-28/h2-5,7-15,17,29H,6,16,18-20H2,1H3,(H,31,32). The van der Waals surface area contributed by atoms with Gasteiger partial charge in [0.2, 0.25) is 5.88 Å². The molecule has 0 spiro atoms. The van der Waals surface area contributed by atoms with Crippen LogP contribution >= 0.6 is 0 Å². The van der Waals surface area contributed by atoms with Gasteiger partial charge in [-0.3, -0.25) is 4.79 Å². The molecule has 0 fully saturated rings. The number of nitrogens with one attached hydrogen (secondary N) is 2. The van der Waals surface area contributed by atoms with E-state index in [9.17, 15) is 4.79 Å². The molecule has 0 aliphatic rings. The molecule has 0 saturated heterocycles. The third-order valence-corrected chi connectivity index (χ3v) is 5.38. The molecule has 0 saturated carbocycles. The first-order chi connectivity index (χ1) is 16.7. The van der Waals surface area contributed by atoms with E-state index >= 15 is 0 Å². The summed E-state index contributed by atoms with van der Waals surface area (Å²) in [5, 5.41) is 8.59. The first-order valence-electron chi connectivity index (χ1n) is 11.4. The van der Waals surface area contributed by atoms with Gasteiger partial charge in [0.1, 0.15) is 5.75 Å². The topological polar surface area (TPSA) is 72.5 Å². The van der Waals surface area contributed by atoms with E-state index in [1.165, 1.54) is 0 Å². The van der Waals surface area contributed by atoms with Crippen molar-refractivity contribution in [2.45, 2.75) is 19.9 Å². The molecule has 0 aliphatic carbocycles. The van der Waals surface area contributed by atoms with Crippen molar-refractivity contribution >= 4 is 22.4 Å². The van der Waals surface area contributed by atoms with E-state index in [1.807, 2.05) is 73.7 Å². The van der Waals surface area contributed by atoms with Crippen molar-refractivity contribution < 1.29 is 14.3 Å². The molecule has 6 heteroatoms. The highest BCUT2D eigenvalue weighted by atomic mass is 16.5. The lowest BCUT2D eigenvalue weighted by Crippen LogP contribution is -2.22. The Morgan fingerprint density at radius 3 is 2.56 bits per heavy atom. The van der Waals surface area contributed by atoms with Gasteiger partial charge in [0.25, 0.3) is 5.91 Å². The number of pyridine rings is 1. The lowest BCUT2D eigenvalue weighted by Gasteiger charge is -2.15. The Morgan fingerprint density at radius 2 is 1.74 bits per heavy atom. The van der Waals surface area contributed by atoms with Gasteiger partial charge in [-0.05, 0) is 54.9 Å².